The molecule has 3 unspecified atom stereocenters. The number of rotatable bonds is 3. The third-order valence-electron chi connectivity index (χ3n) is 3.29. The summed E-state index contributed by atoms with van der Waals surface area (Å²) in [4.78, 5) is 21.7. The lowest BCUT2D eigenvalue weighted by Crippen LogP contribution is -1.84. The normalized spacial score (nSPS) is 12.6. The van der Waals surface area contributed by atoms with E-state index in [0.717, 1.165) is 16.7 Å². The molecule has 0 saturated carbocycles. The fraction of sp³-hybridized carbons (Fsp3) is 0.143. The van der Waals surface area contributed by atoms with Crippen LogP contribution in [0.15, 0.2) is 91.0 Å². The van der Waals surface area contributed by atoms with Gasteiger partial charge in [-0.1, -0.05) is 91.0 Å². The van der Waals surface area contributed by atoms with Crippen molar-refractivity contribution in [3.8, 4) is 0 Å². The van der Waals surface area contributed by atoms with Crippen molar-refractivity contribution in [2.75, 3.05) is 0 Å². The highest BCUT2D eigenvalue weighted by Gasteiger charge is 1.97. The molecular weight excluding hydrogens is 475 g/mol. The summed E-state index contributed by atoms with van der Waals surface area (Å²) in [7, 11) is -2.62. The molecule has 3 aromatic rings. The predicted molar refractivity (Wildman–Crippen MR) is 135 cm³/mol. The Morgan fingerprint density at radius 3 is 0.710 bits per heavy atom. The predicted octanol–water partition coefficient (Wildman–Crippen LogP) is 4.01. The van der Waals surface area contributed by atoms with Crippen molar-refractivity contribution in [3.63, 3.8) is 0 Å². The summed E-state index contributed by atoms with van der Waals surface area (Å²) < 4.78 is 0. The third-order valence-corrected chi connectivity index (χ3v) is 4.19. The Hall–Kier alpha value is -1.10. The Balaban J connectivity index is 0.000000402. The van der Waals surface area contributed by atoms with Crippen LogP contribution in [0.2, 0.25) is 0 Å². The second-order valence-electron chi connectivity index (χ2n) is 5.62. The van der Waals surface area contributed by atoms with Crippen molar-refractivity contribution in [3.05, 3.63) is 108 Å². The molecule has 3 atom stereocenters. The minimum absolute atomic E-state index is 0.647. The van der Waals surface area contributed by atoms with Crippen molar-refractivity contribution in [2.45, 2.75) is 16.3 Å². The Kier molecular flexibility index (Phi) is 17.8. The van der Waals surface area contributed by atoms with Crippen LogP contribution in [-0.2, 0) is 0 Å². The van der Waals surface area contributed by atoms with Crippen molar-refractivity contribution < 1.29 is 30.0 Å². The zero-order valence-corrected chi connectivity index (χ0v) is 19.9. The van der Waals surface area contributed by atoms with Crippen LogP contribution in [0.25, 0.3) is 0 Å². The molecule has 0 aliphatic rings. The van der Waals surface area contributed by atoms with Gasteiger partial charge in [-0.2, -0.15) is 0 Å². The lowest BCUT2D eigenvalue weighted by molar-refractivity contribution is 0.272. The standard InChI is InChI=1S/3C7H8OS.H3O3P/c3*8-7(9)6-4-2-1-3-5-6;1-4(2)3/h3*1-5,7-9H;1-3H. The van der Waals surface area contributed by atoms with E-state index in [2.05, 4.69) is 37.9 Å². The molecule has 31 heavy (non-hydrogen) atoms. The summed E-state index contributed by atoms with van der Waals surface area (Å²) in [5, 5.41) is 26.7. The van der Waals surface area contributed by atoms with Gasteiger partial charge in [-0.05, 0) is 16.7 Å². The summed E-state index contributed by atoms with van der Waals surface area (Å²) in [5.74, 6) is 0. The van der Waals surface area contributed by atoms with Gasteiger partial charge in [-0.3, -0.25) is 0 Å². The van der Waals surface area contributed by atoms with Crippen LogP contribution in [-0.4, -0.2) is 30.0 Å². The van der Waals surface area contributed by atoms with E-state index in [9.17, 15) is 0 Å². The largest absolute Gasteiger partial charge is 0.378 e. The summed E-state index contributed by atoms with van der Waals surface area (Å²) >= 11 is 11.5. The van der Waals surface area contributed by atoms with E-state index in [1.807, 2.05) is 91.0 Å². The van der Waals surface area contributed by atoms with Crippen LogP contribution in [0, 0.1) is 0 Å². The van der Waals surface area contributed by atoms with Gasteiger partial charge in [-0.25, -0.2) is 0 Å². The Labute approximate surface area is 200 Å². The van der Waals surface area contributed by atoms with Gasteiger partial charge in [0.05, 0.1) is 0 Å². The molecule has 10 heteroatoms. The average Bonchev–Trinajstić information content (AvgIpc) is 2.76. The number of benzene rings is 3. The summed E-state index contributed by atoms with van der Waals surface area (Å²) in [6.45, 7) is 0. The zero-order valence-electron chi connectivity index (χ0n) is 16.4. The van der Waals surface area contributed by atoms with E-state index in [1.165, 1.54) is 0 Å². The lowest BCUT2D eigenvalue weighted by Gasteiger charge is -2.00. The van der Waals surface area contributed by atoms with E-state index in [-0.39, 0.29) is 0 Å². The highest BCUT2D eigenvalue weighted by atomic mass is 32.1. The topological polar surface area (TPSA) is 121 Å². The molecule has 170 valence electrons. The molecule has 0 saturated heterocycles. The first-order valence-corrected chi connectivity index (χ1v) is 11.5. The van der Waals surface area contributed by atoms with Crippen molar-refractivity contribution in [1.82, 2.24) is 0 Å². The summed E-state index contributed by atoms with van der Waals surface area (Å²) in [5.41, 5.74) is 0.561. The van der Waals surface area contributed by atoms with E-state index in [1.54, 1.807) is 0 Å². The highest BCUT2D eigenvalue weighted by molar-refractivity contribution is 7.80. The molecule has 0 fully saturated rings. The zero-order chi connectivity index (χ0) is 23.6. The maximum absolute atomic E-state index is 8.89. The third kappa shape index (κ3) is 17.2. The summed E-state index contributed by atoms with van der Waals surface area (Å²) in [6.07, 6.45) is 0. The second-order valence-corrected chi connectivity index (χ2v) is 7.63. The maximum Gasteiger partial charge on any atom is 0.324 e. The van der Waals surface area contributed by atoms with Crippen LogP contribution in [0.1, 0.15) is 33.0 Å². The SMILES string of the molecule is OC(S)c1ccccc1.OC(S)c1ccccc1.OC(S)c1ccccc1.OP(O)O. The molecule has 0 aromatic heterocycles. The van der Waals surface area contributed by atoms with Gasteiger partial charge in [-0.15, -0.1) is 37.9 Å². The molecule has 6 nitrogen and oxygen atoms in total. The van der Waals surface area contributed by atoms with Crippen molar-refractivity contribution in [2.24, 2.45) is 0 Å². The van der Waals surface area contributed by atoms with Crippen LogP contribution >= 0.6 is 46.5 Å². The number of hydrogen-bond donors (Lipinski definition) is 9. The lowest BCUT2D eigenvalue weighted by atomic mass is 10.2. The molecule has 3 aromatic carbocycles. The number of thiol groups is 3. The van der Waals surface area contributed by atoms with E-state index >= 15 is 0 Å². The molecule has 0 amide bonds. The van der Waals surface area contributed by atoms with Gasteiger partial charge >= 0.3 is 8.60 Å². The van der Waals surface area contributed by atoms with Gasteiger partial charge in [0.25, 0.3) is 0 Å². The molecular formula is C21H27O6PS3. The highest BCUT2D eigenvalue weighted by Crippen LogP contribution is 2.15. The number of aliphatic hydroxyl groups excluding tert-OH is 3. The fourth-order valence-electron chi connectivity index (χ4n) is 1.88. The molecule has 0 radical (unpaired) electrons. The quantitative estimate of drug-likeness (QED) is 0.152. The van der Waals surface area contributed by atoms with Crippen molar-refractivity contribution in [1.29, 1.82) is 0 Å². The van der Waals surface area contributed by atoms with Gasteiger partial charge in [0.1, 0.15) is 16.3 Å². The van der Waals surface area contributed by atoms with Crippen LogP contribution in [0.4, 0.5) is 0 Å². The van der Waals surface area contributed by atoms with Gasteiger partial charge in [0.2, 0.25) is 0 Å². The number of aliphatic hydroxyl groups is 3. The Bertz CT molecular complexity index is 673. The monoisotopic (exact) mass is 502 g/mol. The second kappa shape index (κ2) is 18.5. The van der Waals surface area contributed by atoms with E-state index < -0.39 is 24.9 Å². The molecule has 0 aliphatic heterocycles. The molecule has 0 bridgehead atoms. The minimum atomic E-state index is -2.62. The van der Waals surface area contributed by atoms with Crippen LogP contribution in [0.5, 0.6) is 0 Å². The molecule has 6 N–H and O–H groups in total. The van der Waals surface area contributed by atoms with Gasteiger partial charge in [0, 0.05) is 0 Å². The number of hydrogen-bond acceptors (Lipinski definition) is 9. The van der Waals surface area contributed by atoms with Crippen molar-refractivity contribution >= 4 is 46.5 Å². The maximum atomic E-state index is 8.89. The molecule has 0 heterocycles. The first-order chi connectivity index (χ1) is 14.6. The summed E-state index contributed by atoms with van der Waals surface area (Å²) in [6, 6.07) is 27.9. The fourth-order valence-corrected chi connectivity index (χ4v) is 2.39. The Morgan fingerprint density at radius 1 is 0.452 bits per heavy atom. The smallest absolute Gasteiger partial charge is 0.324 e. The van der Waals surface area contributed by atoms with E-state index in [4.69, 9.17) is 30.0 Å². The van der Waals surface area contributed by atoms with Crippen LogP contribution in [0.3, 0.4) is 0 Å². The molecule has 0 spiro atoms. The first-order valence-electron chi connectivity index (χ1n) is 8.75. The first kappa shape index (κ1) is 29.9. The average molecular weight is 503 g/mol. The molecule has 3 rings (SSSR count). The van der Waals surface area contributed by atoms with Gasteiger partial charge < -0.3 is 30.0 Å². The minimum Gasteiger partial charge on any atom is -0.378 e. The Morgan fingerprint density at radius 2 is 0.613 bits per heavy atom. The van der Waals surface area contributed by atoms with Gasteiger partial charge in [0.15, 0.2) is 0 Å². The van der Waals surface area contributed by atoms with E-state index in [0.29, 0.717) is 0 Å². The molecule has 0 aliphatic carbocycles. The van der Waals surface area contributed by atoms with Crippen LogP contribution < -0.4 is 0 Å².